The monoisotopic (exact) mass is 705 g/mol. The summed E-state index contributed by atoms with van der Waals surface area (Å²) < 4.78 is 16.8. The number of aromatic nitrogens is 2. The molecule has 5 atom stereocenters. The van der Waals surface area contributed by atoms with E-state index in [0.717, 1.165) is 11.4 Å². The van der Waals surface area contributed by atoms with Crippen molar-refractivity contribution in [1.82, 2.24) is 25.1 Å². The SMILES string of the molecule is CC(=O)O[C@H](C[C@H](C(C)C)N(C)C(=O)[C@@H](CC(=O)[C@H]1COCCN1C)C1COC1)c1nc(C(=O)N[C@@H](Cc2nccs2)CC(C)C)cs1. The number of hydrogen-bond acceptors (Lipinski definition) is 12. The Morgan fingerprint density at radius 3 is 2.44 bits per heavy atom. The molecule has 12 nitrogen and oxygen atoms in total. The first-order valence-electron chi connectivity index (χ1n) is 16.8. The molecule has 2 aromatic heterocycles. The maximum atomic E-state index is 14.1. The van der Waals surface area contributed by atoms with Gasteiger partial charge in [-0.15, -0.1) is 22.7 Å². The number of nitrogens with one attached hydrogen (secondary N) is 1. The molecule has 0 aliphatic carbocycles. The standard InChI is InChI=1S/C34H51N5O7S2/c1-20(2)12-24(13-31-35-8-11-47-31)36-32(42)26-19-48-33(37-26)30(46-22(5)40)15-27(21(3)4)39(7)34(43)25(23-16-45-17-23)14-29(41)28-18-44-10-9-38(28)6/h8,11,19-21,23-25,27-28,30H,9-10,12-18H2,1-7H3,(H,36,42)/t24-,25+,27-,28-,30-/m1/s1. The van der Waals surface area contributed by atoms with Gasteiger partial charge < -0.3 is 24.4 Å². The molecule has 2 aliphatic heterocycles. The molecule has 48 heavy (non-hydrogen) atoms. The predicted octanol–water partition coefficient (Wildman–Crippen LogP) is 4.02. The van der Waals surface area contributed by atoms with E-state index in [9.17, 15) is 19.2 Å². The Labute approximate surface area is 291 Å². The molecule has 0 spiro atoms. The van der Waals surface area contributed by atoms with E-state index in [1.807, 2.05) is 31.2 Å². The first kappa shape index (κ1) is 38.0. The molecule has 2 saturated heterocycles. The average molecular weight is 706 g/mol. The number of morpholine rings is 1. The number of amides is 2. The summed E-state index contributed by atoms with van der Waals surface area (Å²) in [6.07, 6.45) is 2.82. The highest BCUT2D eigenvalue weighted by atomic mass is 32.1. The Morgan fingerprint density at radius 1 is 1.10 bits per heavy atom. The molecule has 4 heterocycles. The van der Waals surface area contributed by atoms with Gasteiger partial charge >= 0.3 is 5.97 Å². The van der Waals surface area contributed by atoms with Crippen LogP contribution in [-0.4, -0.2) is 109 Å². The van der Waals surface area contributed by atoms with Crippen LogP contribution in [0.4, 0.5) is 0 Å². The second-order valence-corrected chi connectivity index (χ2v) is 15.6. The van der Waals surface area contributed by atoms with Crippen molar-refractivity contribution in [3.8, 4) is 0 Å². The van der Waals surface area contributed by atoms with Crippen LogP contribution in [-0.2, 0) is 35.0 Å². The molecule has 2 fully saturated rings. The zero-order valence-corrected chi connectivity index (χ0v) is 30.8. The maximum absolute atomic E-state index is 14.1. The molecule has 2 aromatic rings. The van der Waals surface area contributed by atoms with Crippen LogP contribution in [0.3, 0.4) is 0 Å². The fourth-order valence-electron chi connectivity index (χ4n) is 6.37. The van der Waals surface area contributed by atoms with E-state index >= 15 is 0 Å². The minimum absolute atomic E-state index is 0.00531. The van der Waals surface area contributed by atoms with Gasteiger partial charge in [0, 0.05) is 74.7 Å². The lowest BCUT2D eigenvalue weighted by Gasteiger charge is -2.40. The Morgan fingerprint density at radius 2 is 1.85 bits per heavy atom. The van der Waals surface area contributed by atoms with Gasteiger partial charge in [0.2, 0.25) is 5.91 Å². The number of hydrogen-bond donors (Lipinski definition) is 1. The lowest BCUT2D eigenvalue weighted by Crippen LogP contribution is -2.52. The fourth-order valence-corrected chi connectivity index (χ4v) is 7.90. The number of Topliss-reactive ketones (excluding diaryl/α,β-unsaturated/α-hetero) is 1. The van der Waals surface area contributed by atoms with Crippen LogP contribution in [0.5, 0.6) is 0 Å². The predicted molar refractivity (Wildman–Crippen MR) is 184 cm³/mol. The number of nitrogens with zero attached hydrogens (tertiary/aromatic N) is 4. The van der Waals surface area contributed by atoms with Gasteiger partial charge in [-0.3, -0.25) is 24.1 Å². The summed E-state index contributed by atoms with van der Waals surface area (Å²) in [6.45, 7) is 12.0. The minimum atomic E-state index is -0.765. The number of thiazole rings is 2. The lowest BCUT2D eigenvalue weighted by atomic mass is 9.83. The zero-order valence-electron chi connectivity index (χ0n) is 29.2. The number of ketones is 1. The normalized spacial score (nSPS) is 19.7. The number of carbonyl (C=O) groups excluding carboxylic acids is 4. The molecule has 14 heteroatoms. The average Bonchev–Trinajstić information content (AvgIpc) is 3.69. The molecular formula is C34H51N5O7S2. The molecular weight excluding hydrogens is 655 g/mol. The van der Waals surface area contributed by atoms with Gasteiger partial charge in [0.05, 0.1) is 43.4 Å². The fraction of sp³-hybridized carbons (Fsp3) is 0.706. The Hall–Kier alpha value is -2.78. The van der Waals surface area contributed by atoms with Gasteiger partial charge in [0.15, 0.2) is 11.9 Å². The quantitative estimate of drug-likeness (QED) is 0.240. The smallest absolute Gasteiger partial charge is 0.303 e. The van der Waals surface area contributed by atoms with Crippen LogP contribution in [0.2, 0.25) is 0 Å². The maximum Gasteiger partial charge on any atom is 0.303 e. The van der Waals surface area contributed by atoms with Gasteiger partial charge in [-0.05, 0) is 25.3 Å². The van der Waals surface area contributed by atoms with Gasteiger partial charge in [-0.2, -0.15) is 0 Å². The Bertz CT molecular complexity index is 1360. The molecule has 2 aliphatic rings. The van der Waals surface area contributed by atoms with Crippen LogP contribution in [0.1, 0.15) is 80.5 Å². The van der Waals surface area contributed by atoms with Crippen LogP contribution in [0, 0.1) is 23.7 Å². The van der Waals surface area contributed by atoms with E-state index in [0.29, 0.717) is 50.3 Å². The Balaban J connectivity index is 1.48. The molecule has 1 N–H and O–H groups in total. The number of carbonyl (C=O) groups is 4. The Kier molecular flexibility index (Phi) is 14.1. The third-order valence-corrected chi connectivity index (χ3v) is 10.9. The van der Waals surface area contributed by atoms with E-state index in [4.69, 9.17) is 14.2 Å². The van der Waals surface area contributed by atoms with Gasteiger partial charge in [0.25, 0.3) is 5.91 Å². The summed E-state index contributed by atoms with van der Waals surface area (Å²) in [7, 11) is 3.66. The van der Waals surface area contributed by atoms with Crippen molar-refractivity contribution in [3.63, 3.8) is 0 Å². The molecule has 266 valence electrons. The van der Waals surface area contributed by atoms with Crippen molar-refractivity contribution in [2.45, 2.75) is 84.5 Å². The van der Waals surface area contributed by atoms with Crippen molar-refractivity contribution in [1.29, 1.82) is 0 Å². The molecule has 0 radical (unpaired) electrons. The molecule has 0 aromatic carbocycles. The van der Waals surface area contributed by atoms with Crippen LogP contribution in [0.25, 0.3) is 0 Å². The van der Waals surface area contributed by atoms with Crippen molar-refractivity contribution < 1.29 is 33.4 Å². The highest BCUT2D eigenvalue weighted by Crippen LogP contribution is 2.33. The summed E-state index contributed by atoms with van der Waals surface area (Å²) in [4.78, 5) is 65.9. The zero-order chi connectivity index (χ0) is 35.0. The molecule has 0 bridgehead atoms. The van der Waals surface area contributed by atoms with Gasteiger partial charge in [-0.25, -0.2) is 9.97 Å². The molecule has 4 rings (SSSR count). The van der Waals surface area contributed by atoms with E-state index < -0.39 is 18.0 Å². The largest absolute Gasteiger partial charge is 0.455 e. The van der Waals surface area contributed by atoms with Crippen molar-refractivity contribution in [3.05, 3.63) is 32.7 Å². The molecule has 0 unspecified atom stereocenters. The molecule has 2 amide bonds. The summed E-state index contributed by atoms with van der Waals surface area (Å²) in [6, 6.07) is -0.815. The van der Waals surface area contributed by atoms with E-state index in [1.165, 1.54) is 18.3 Å². The highest BCUT2D eigenvalue weighted by molar-refractivity contribution is 7.10. The molecule has 0 saturated carbocycles. The van der Waals surface area contributed by atoms with E-state index in [2.05, 4.69) is 29.1 Å². The first-order chi connectivity index (χ1) is 22.8. The van der Waals surface area contributed by atoms with E-state index in [-0.39, 0.29) is 66.1 Å². The topological polar surface area (TPSA) is 140 Å². The number of esters is 1. The summed E-state index contributed by atoms with van der Waals surface area (Å²) >= 11 is 2.82. The van der Waals surface area contributed by atoms with Gasteiger partial charge in [-0.1, -0.05) is 27.7 Å². The third-order valence-electron chi connectivity index (χ3n) is 9.14. The third kappa shape index (κ3) is 10.4. The number of ether oxygens (including phenoxy) is 3. The summed E-state index contributed by atoms with van der Waals surface area (Å²) in [5.74, 6) is -1.12. The first-order valence-corrected chi connectivity index (χ1v) is 18.6. The minimum Gasteiger partial charge on any atom is -0.455 e. The van der Waals surface area contributed by atoms with Crippen molar-refractivity contribution in [2.75, 3.05) is 47.1 Å². The van der Waals surface area contributed by atoms with Crippen LogP contribution in [0.15, 0.2) is 17.0 Å². The summed E-state index contributed by atoms with van der Waals surface area (Å²) in [5.41, 5.74) is 0.255. The van der Waals surface area contributed by atoms with Crippen LogP contribution < -0.4 is 5.32 Å². The summed E-state index contributed by atoms with van der Waals surface area (Å²) in [5, 5.41) is 8.18. The highest BCUT2D eigenvalue weighted by Gasteiger charge is 2.41. The second kappa shape index (κ2) is 17.7. The lowest BCUT2D eigenvalue weighted by molar-refractivity contribution is -0.154. The van der Waals surface area contributed by atoms with E-state index in [1.54, 1.807) is 34.9 Å². The second-order valence-electron chi connectivity index (χ2n) is 13.7. The van der Waals surface area contributed by atoms with Crippen molar-refractivity contribution in [2.24, 2.45) is 23.7 Å². The van der Waals surface area contributed by atoms with Crippen LogP contribution >= 0.6 is 22.7 Å². The van der Waals surface area contributed by atoms with Crippen molar-refractivity contribution >= 4 is 46.2 Å². The number of rotatable bonds is 17. The number of likely N-dealkylation sites (N-methyl/N-ethyl adjacent to an activating group) is 1. The van der Waals surface area contributed by atoms with Gasteiger partial charge in [0.1, 0.15) is 10.7 Å².